The SMILES string of the molecule is CC(C)C(NC(=O)C(CS)NC(=O)C(CO)NC(=O)C(N)Cc1ccc(O)cc1)C(=O)O. The van der Waals surface area contributed by atoms with Crippen LogP contribution in [0.4, 0.5) is 0 Å². The highest BCUT2D eigenvalue weighted by atomic mass is 32.1. The molecule has 0 saturated carbocycles. The first-order valence-electron chi connectivity index (χ1n) is 9.89. The number of hydrogen-bond donors (Lipinski definition) is 8. The third-order valence-corrected chi connectivity index (χ3v) is 4.96. The largest absolute Gasteiger partial charge is 0.508 e. The van der Waals surface area contributed by atoms with E-state index in [4.69, 9.17) is 5.73 Å². The number of hydrogen-bond acceptors (Lipinski definition) is 8. The molecule has 0 radical (unpaired) electrons. The maximum absolute atomic E-state index is 12.5. The van der Waals surface area contributed by atoms with Gasteiger partial charge in [0, 0.05) is 5.75 Å². The molecular formula is C20H30N4O7S. The minimum Gasteiger partial charge on any atom is -0.508 e. The molecule has 1 aromatic rings. The molecule has 0 bridgehead atoms. The highest BCUT2D eigenvalue weighted by Gasteiger charge is 2.30. The van der Waals surface area contributed by atoms with Crippen LogP contribution in [0.15, 0.2) is 24.3 Å². The fourth-order valence-corrected chi connectivity index (χ4v) is 2.94. The number of phenols is 1. The summed E-state index contributed by atoms with van der Waals surface area (Å²) in [5.74, 6) is -4.02. The predicted molar refractivity (Wildman–Crippen MR) is 119 cm³/mol. The number of phenolic OH excluding ortho intramolecular Hbond substituents is 1. The van der Waals surface area contributed by atoms with E-state index < -0.39 is 60.4 Å². The highest BCUT2D eigenvalue weighted by Crippen LogP contribution is 2.11. The third-order valence-electron chi connectivity index (χ3n) is 4.59. The molecule has 178 valence electrons. The van der Waals surface area contributed by atoms with Crippen LogP contribution in [0, 0.1) is 5.92 Å². The van der Waals surface area contributed by atoms with Crippen molar-refractivity contribution < 1.29 is 34.5 Å². The van der Waals surface area contributed by atoms with Crippen LogP contribution in [0.25, 0.3) is 0 Å². The van der Waals surface area contributed by atoms with Gasteiger partial charge in [0.25, 0.3) is 0 Å². The van der Waals surface area contributed by atoms with E-state index >= 15 is 0 Å². The van der Waals surface area contributed by atoms with Gasteiger partial charge in [0.15, 0.2) is 0 Å². The Kier molecular flexibility index (Phi) is 11.0. The Morgan fingerprint density at radius 3 is 1.97 bits per heavy atom. The van der Waals surface area contributed by atoms with Crippen molar-refractivity contribution in [2.75, 3.05) is 12.4 Å². The fourth-order valence-electron chi connectivity index (χ4n) is 2.69. The molecule has 11 nitrogen and oxygen atoms in total. The van der Waals surface area contributed by atoms with Crippen LogP contribution in [0.1, 0.15) is 19.4 Å². The molecule has 0 aliphatic rings. The first-order valence-corrected chi connectivity index (χ1v) is 10.5. The number of aromatic hydroxyl groups is 1. The number of nitrogens with one attached hydrogen (secondary N) is 3. The zero-order valence-corrected chi connectivity index (χ0v) is 18.7. The number of amides is 3. The third kappa shape index (κ3) is 8.36. The Morgan fingerprint density at radius 1 is 0.969 bits per heavy atom. The molecule has 12 heteroatoms. The van der Waals surface area contributed by atoms with Crippen molar-refractivity contribution in [1.82, 2.24) is 16.0 Å². The molecule has 0 fully saturated rings. The number of aliphatic hydroxyl groups is 1. The molecule has 0 aliphatic heterocycles. The number of aliphatic carboxylic acids is 1. The minimum absolute atomic E-state index is 0.0645. The second-order valence-electron chi connectivity index (χ2n) is 7.53. The Bertz CT molecular complexity index is 804. The molecule has 0 spiro atoms. The minimum atomic E-state index is -1.39. The van der Waals surface area contributed by atoms with E-state index in [1.165, 1.54) is 12.1 Å². The van der Waals surface area contributed by atoms with Crippen molar-refractivity contribution >= 4 is 36.3 Å². The van der Waals surface area contributed by atoms with E-state index in [0.717, 1.165) is 0 Å². The summed E-state index contributed by atoms with van der Waals surface area (Å²) in [6, 6.07) is 1.31. The van der Waals surface area contributed by atoms with Gasteiger partial charge in [-0.3, -0.25) is 14.4 Å². The summed E-state index contributed by atoms with van der Waals surface area (Å²) in [4.78, 5) is 48.4. The van der Waals surface area contributed by atoms with Gasteiger partial charge in [0.05, 0.1) is 12.6 Å². The van der Waals surface area contributed by atoms with Crippen LogP contribution >= 0.6 is 12.6 Å². The van der Waals surface area contributed by atoms with Gasteiger partial charge in [0.2, 0.25) is 17.7 Å². The van der Waals surface area contributed by atoms with E-state index in [0.29, 0.717) is 5.56 Å². The van der Waals surface area contributed by atoms with E-state index in [1.54, 1.807) is 26.0 Å². The molecule has 4 atom stereocenters. The van der Waals surface area contributed by atoms with Gasteiger partial charge in [0.1, 0.15) is 23.9 Å². The zero-order chi connectivity index (χ0) is 24.4. The number of benzene rings is 1. The summed E-state index contributed by atoms with van der Waals surface area (Å²) >= 11 is 4.01. The van der Waals surface area contributed by atoms with Crippen LogP contribution in [0.2, 0.25) is 0 Å². The lowest BCUT2D eigenvalue weighted by Crippen LogP contribution is -2.59. The average molecular weight is 471 g/mol. The van der Waals surface area contributed by atoms with Crippen molar-refractivity contribution in [1.29, 1.82) is 0 Å². The first kappa shape index (κ1) is 27.2. The van der Waals surface area contributed by atoms with E-state index in [9.17, 15) is 34.5 Å². The topological polar surface area (TPSA) is 191 Å². The fraction of sp³-hybridized carbons (Fsp3) is 0.500. The summed E-state index contributed by atoms with van der Waals surface area (Å²) in [5, 5.41) is 35.0. The smallest absolute Gasteiger partial charge is 0.326 e. The van der Waals surface area contributed by atoms with Crippen LogP contribution in [0.5, 0.6) is 5.75 Å². The Labute approximate surface area is 191 Å². The number of carboxylic acid groups (broad SMARTS) is 1. The molecule has 3 amide bonds. The number of thiol groups is 1. The average Bonchev–Trinajstić information content (AvgIpc) is 2.74. The maximum Gasteiger partial charge on any atom is 0.326 e. The Balaban J connectivity index is 2.72. The lowest BCUT2D eigenvalue weighted by molar-refractivity contribution is -0.143. The highest BCUT2D eigenvalue weighted by molar-refractivity contribution is 7.80. The van der Waals surface area contributed by atoms with E-state index in [1.807, 2.05) is 0 Å². The molecule has 0 aliphatic carbocycles. The summed E-state index contributed by atoms with van der Waals surface area (Å²) in [6.45, 7) is 2.48. The quantitative estimate of drug-likeness (QED) is 0.167. The molecule has 4 unspecified atom stereocenters. The molecule has 8 N–H and O–H groups in total. The Hall–Kier alpha value is -2.83. The summed E-state index contributed by atoms with van der Waals surface area (Å²) in [6.07, 6.45) is 0.124. The van der Waals surface area contributed by atoms with E-state index in [-0.39, 0.29) is 17.9 Å². The van der Waals surface area contributed by atoms with Gasteiger partial charge in [-0.15, -0.1) is 0 Å². The number of carboxylic acids is 1. The van der Waals surface area contributed by atoms with Crippen molar-refractivity contribution in [3.8, 4) is 5.75 Å². The van der Waals surface area contributed by atoms with Crippen molar-refractivity contribution in [2.24, 2.45) is 11.7 Å². The number of carbonyl (C=O) groups excluding carboxylic acids is 3. The Morgan fingerprint density at radius 2 is 1.50 bits per heavy atom. The van der Waals surface area contributed by atoms with Crippen LogP contribution < -0.4 is 21.7 Å². The first-order chi connectivity index (χ1) is 15.0. The predicted octanol–water partition coefficient (Wildman–Crippen LogP) is -1.62. The maximum atomic E-state index is 12.5. The molecule has 1 aromatic carbocycles. The summed E-state index contributed by atoms with van der Waals surface area (Å²) in [7, 11) is 0. The van der Waals surface area contributed by atoms with Gasteiger partial charge in [-0.2, -0.15) is 12.6 Å². The number of carbonyl (C=O) groups is 4. The number of rotatable bonds is 12. The van der Waals surface area contributed by atoms with Crippen molar-refractivity contribution in [3.05, 3.63) is 29.8 Å². The number of aliphatic hydroxyl groups excluding tert-OH is 1. The molecule has 0 saturated heterocycles. The summed E-state index contributed by atoms with van der Waals surface area (Å²) < 4.78 is 0. The molecular weight excluding hydrogens is 440 g/mol. The van der Waals surface area contributed by atoms with Crippen LogP contribution in [0.3, 0.4) is 0 Å². The van der Waals surface area contributed by atoms with Crippen LogP contribution in [-0.2, 0) is 25.6 Å². The molecule has 0 aromatic heterocycles. The number of nitrogens with two attached hydrogens (primary N) is 1. The second kappa shape index (κ2) is 12.9. The van der Waals surface area contributed by atoms with Crippen molar-refractivity contribution in [3.63, 3.8) is 0 Å². The lowest BCUT2D eigenvalue weighted by Gasteiger charge is -2.24. The molecule has 0 heterocycles. The molecule has 32 heavy (non-hydrogen) atoms. The monoisotopic (exact) mass is 470 g/mol. The molecule has 1 rings (SSSR count). The van der Waals surface area contributed by atoms with Crippen LogP contribution in [-0.4, -0.2) is 75.5 Å². The van der Waals surface area contributed by atoms with Gasteiger partial charge >= 0.3 is 5.97 Å². The van der Waals surface area contributed by atoms with Gasteiger partial charge < -0.3 is 37.0 Å². The standard InChI is InChI=1S/C20H30N4O7S/c1-10(2)16(20(30)31)24-19(29)15(9-32)23-18(28)14(8-25)22-17(27)13(21)7-11-3-5-12(26)6-4-11/h3-6,10,13-16,25-26,32H,7-9,21H2,1-2H3,(H,22,27)(H,23,28)(H,24,29)(H,30,31). The van der Waals surface area contributed by atoms with Gasteiger partial charge in [-0.1, -0.05) is 26.0 Å². The van der Waals surface area contributed by atoms with Gasteiger partial charge in [-0.05, 0) is 30.0 Å². The second-order valence-corrected chi connectivity index (χ2v) is 7.90. The lowest BCUT2D eigenvalue weighted by atomic mass is 10.0. The van der Waals surface area contributed by atoms with Gasteiger partial charge in [-0.25, -0.2) is 4.79 Å². The normalized spacial score (nSPS) is 14.7. The van der Waals surface area contributed by atoms with E-state index in [2.05, 4.69) is 28.6 Å². The summed E-state index contributed by atoms with van der Waals surface area (Å²) in [5.41, 5.74) is 6.54. The zero-order valence-electron chi connectivity index (χ0n) is 17.8. The van der Waals surface area contributed by atoms with Crippen molar-refractivity contribution in [2.45, 2.75) is 44.4 Å².